The maximum absolute atomic E-state index is 12.5. The van der Waals surface area contributed by atoms with E-state index in [2.05, 4.69) is 27.1 Å². The number of nitrogens with one attached hydrogen (secondary N) is 2. The van der Waals surface area contributed by atoms with Crippen LogP contribution in [0, 0.1) is 0 Å². The lowest BCUT2D eigenvalue weighted by Crippen LogP contribution is -2.38. The molecule has 4 aromatic rings. The van der Waals surface area contributed by atoms with Gasteiger partial charge >= 0.3 is 6.03 Å². The number of fused-ring (bicyclic) bond motifs is 3. The van der Waals surface area contributed by atoms with Crippen LogP contribution in [0.15, 0.2) is 54.6 Å². The standard InChI is InChI=1S/C25H30N6O/c1-3-4-14-21-30-22-23(19-12-8-9-13-20(19)29-24(22)26)31(21)16-15-27-25(32)28-17(2)18-10-6-5-7-11-18/h5-13,17H,3-4,14-16H2,1-2H3,(H2,26,29)(H2,27,28,32)/t17-/m0/s1. The van der Waals surface area contributed by atoms with Crippen LogP contribution in [-0.2, 0) is 13.0 Å². The molecule has 2 heterocycles. The number of aryl methyl sites for hydroxylation is 1. The zero-order chi connectivity index (χ0) is 22.5. The number of benzene rings is 2. The molecule has 0 radical (unpaired) electrons. The van der Waals surface area contributed by atoms with Gasteiger partial charge in [-0.15, -0.1) is 0 Å². The second-order valence-electron chi connectivity index (χ2n) is 8.03. The number of urea groups is 1. The van der Waals surface area contributed by atoms with Gasteiger partial charge in [-0.25, -0.2) is 14.8 Å². The lowest BCUT2D eigenvalue weighted by atomic mass is 10.1. The van der Waals surface area contributed by atoms with E-state index >= 15 is 0 Å². The van der Waals surface area contributed by atoms with Crippen LogP contribution in [0.4, 0.5) is 10.6 Å². The van der Waals surface area contributed by atoms with Crippen molar-refractivity contribution in [3.05, 3.63) is 66.0 Å². The normalized spacial score (nSPS) is 12.2. The number of para-hydroxylation sites is 1. The van der Waals surface area contributed by atoms with Gasteiger partial charge in [0.1, 0.15) is 11.3 Å². The monoisotopic (exact) mass is 430 g/mol. The number of nitrogens with two attached hydrogens (primary N) is 1. The Bertz CT molecular complexity index is 1220. The Labute approximate surface area is 188 Å². The molecule has 4 rings (SSSR count). The number of unbranched alkanes of at least 4 members (excludes halogenated alkanes) is 1. The van der Waals surface area contributed by atoms with Crippen LogP contribution in [0.5, 0.6) is 0 Å². The van der Waals surface area contributed by atoms with Gasteiger partial charge in [-0.2, -0.15) is 0 Å². The van der Waals surface area contributed by atoms with E-state index in [1.54, 1.807) is 0 Å². The maximum atomic E-state index is 12.5. The average molecular weight is 431 g/mol. The minimum Gasteiger partial charge on any atom is -0.382 e. The highest BCUT2D eigenvalue weighted by Crippen LogP contribution is 2.29. The summed E-state index contributed by atoms with van der Waals surface area (Å²) in [5.41, 5.74) is 9.89. The van der Waals surface area contributed by atoms with E-state index in [4.69, 9.17) is 10.7 Å². The van der Waals surface area contributed by atoms with Gasteiger partial charge in [0.25, 0.3) is 0 Å². The molecule has 0 spiro atoms. The third-order valence-electron chi connectivity index (χ3n) is 5.71. The summed E-state index contributed by atoms with van der Waals surface area (Å²) < 4.78 is 2.19. The van der Waals surface area contributed by atoms with Crippen molar-refractivity contribution in [3.8, 4) is 0 Å². The van der Waals surface area contributed by atoms with E-state index in [9.17, 15) is 4.79 Å². The first kappa shape index (κ1) is 21.6. The largest absolute Gasteiger partial charge is 0.382 e. The number of hydrogen-bond donors (Lipinski definition) is 3. The smallest absolute Gasteiger partial charge is 0.315 e. The number of imidazole rings is 1. The fourth-order valence-electron chi connectivity index (χ4n) is 4.03. The predicted molar refractivity (Wildman–Crippen MR) is 129 cm³/mol. The Balaban J connectivity index is 1.54. The van der Waals surface area contributed by atoms with Crippen molar-refractivity contribution in [2.75, 3.05) is 12.3 Å². The predicted octanol–water partition coefficient (Wildman–Crippen LogP) is 4.57. The molecular weight excluding hydrogens is 400 g/mol. The fraction of sp³-hybridized carbons (Fsp3) is 0.320. The number of carbonyl (C=O) groups is 1. The zero-order valence-electron chi connectivity index (χ0n) is 18.6. The Morgan fingerprint density at radius 3 is 2.62 bits per heavy atom. The second kappa shape index (κ2) is 9.68. The van der Waals surface area contributed by atoms with Crippen molar-refractivity contribution < 1.29 is 4.79 Å². The summed E-state index contributed by atoms with van der Waals surface area (Å²) in [6.07, 6.45) is 2.98. The number of carbonyl (C=O) groups excluding carboxylic acids is 1. The number of nitrogens with zero attached hydrogens (tertiary/aromatic N) is 3. The van der Waals surface area contributed by atoms with Gasteiger partial charge < -0.3 is 20.9 Å². The second-order valence-corrected chi connectivity index (χ2v) is 8.03. The number of hydrogen-bond acceptors (Lipinski definition) is 4. The number of anilines is 1. The third kappa shape index (κ3) is 4.51. The first-order valence-corrected chi connectivity index (χ1v) is 11.2. The molecule has 0 bridgehead atoms. The van der Waals surface area contributed by atoms with Gasteiger partial charge in [0, 0.05) is 24.9 Å². The molecule has 2 aromatic carbocycles. The third-order valence-corrected chi connectivity index (χ3v) is 5.71. The molecule has 1 atom stereocenters. The fourth-order valence-corrected chi connectivity index (χ4v) is 4.03. The van der Waals surface area contributed by atoms with Crippen molar-refractivity contribution in [2.24, 2.45) is 0 Å². The van der Waals surface area contributed by atoms with Gasteiger partial charge in [0.15, 0.2) is 5.82 Å². The molecule has 0 saturated heterocycles. The molecule has 0 fully saturated rings. The van der Waals surface area contributed by atoms with Gasteiger partial charge in [0.05, 0.1) is 17.1 Å². The summed E-state index contributed by atoms with van der Waals surface area (Å²) in [5.74, 6) is 1.42. The van der Waals surface area contributed by atoms with Crippen LogP contribution in [0.3, 0.4) is 0 Å². The van der Waals surface area contributed by atoms with E-state index < -0.39 is 0 Å². The van der Waals surface area contributed by atoms with E-state index in [0.29, 0.717) is 18.9 Å². The molecule has 0 unspecified atom stereocenters. The number of rotatable bonds is 8. The van der Waals surface area contributed by atoms with Crippen LogP contribution in [0.1, 0.15) is 44.1 Å². The van der Waals surface area contributed by atoms with E-state index in [-0.39, 0.29) is 12.1 Å². The topological polar surface area (TPSA) is 97.9 Å². The van der Waals surface area contributed by atoms with Crippen molar-refractivity contribution in [3.63, 3.8) is 0 Å². The Kier molecular flexibility index (Phi) is 6.54. The van der Waals surface area contributed by atoms with Crippen molar-refractivity contribution in [1.29, 1.82) is 0 Å². The molecule has 0 aliphatic rings. The summed E-state index contributed by atoms with van der Waals surface area (Å²) in [7, 11) is 0. The van der Waals surface area contributed by atoms with E-state index in [1.165, 1.54) is 0 Å². The summed E-state index contributed by atoms with van der Waals surface area (Å²) >= 11 is 0. The minimum atomic E-state index is -0.188. The highest BCUT2D eigenvalue weighted by Gasteiger charge is 2.17. The summed E-state index contributed by atoms with van der Waals surface area (Å²) in [6, 6.07) is 17.6. The minimum absolute atomic E-state index is 0.0693. The molecule has 7 nitrogen and oxygen atoms in total. The SMILES string of the molecule is CCCCc1nc2c(N)nc3ccccc3c2n1CCNC(=O)N[C@@H](C)c1ccccc1. The molecule has 32 heavy (non-hydrogen) atoms. The van der Waals surface area contributed by atoms with Crippen LogP contribution in [0.2, 0.25) is 0 Å². The van der Waals surface area contributed by atoms with Crippen LogP contribution >= 0.6 is 0 Å². The van der Waals surface area contributed by atoms with Crippen LogP contribution in [-0.4, -0.2) is 27.1 Å². The van der Waals surface area contributed by atoms with Gasteiger partial charge in [-0.1, -0.05) is 61.9 Å². The molecule has 0 aliphatic heterocycles. The van der Waals surface area contributed by atoms with E-state index in [0.717, 1.165) is 52.6 Å². The average Bonchev–Trinajstić information content (AvgIpc) is 3.17. The van der Waals surface area contributed by atoms with Crippen molar-refractivity contribution >= 4 is 33.8 Å². The molecule has 0 saturated carbocycles. The first-order valence-electron chi connectivity index (χ1n) is 11.2. The molecule has 166 valence electrons. The maximum Gasteiger partial charge on any atom is 0.315 e. The molecule has 4 N–H and O–H groups in total. The van der Waals surface area contributed by atoms with Crippen molar-refractivity contribution in [2.45, 2.75) is 45.7 Å². The highest BCUT2D eigenvalue weighted by atomic mass is 16.2. The van der Waals surface area contributed by atoms with Gasteiger partial charge in [-0.05, 0) is 25.0 Å². The molecule has 2 aromatic heterocycles. The van der Waals surface area contributed by atoms with Crippen LogP contribution in [0.25, 0.3) is 21.9 Å². The number of amides is 2. The lowest BCUT2D eigenvalue weighted by molar-refractivity contribution is 0.237. The van der Waals surface area contributed by atoms with Gasteiger partial charge in [-0.3, -0.25) is 0 Å². The first-order chi connectivity index (χ1) is 15.6. The zero-order valence-corrected chi connectivity index (χ0v) is 18.6. The molecule has 0 aliphatic carbocycles. The summed E-state index contributed by atoms with van der Waals surface area (Å²) in [4.78, 5) is 21.8. The Morgan fingerprint density at radius 2 is 1.84 bits per heavy atom. The van der Waals surface area contributed by atoms with Crippen LogP contribution < -0.4 is 16.4 Å². The van der Waals surface area contributed by atoms with Gasteiger partial charge in [0.2, 0.25) is 0 Å². The quantitative estimate of drug-likeness (QED) is 0.381. The Morgan fingerprint density at radius 1 is 1.09 bits per heavy atom. The number of aromatic nitrogens is 3. The number of nitrogen functional groups attached to an aromatic ring is 1. The lowest BCUT2D eigenvalue weighted by Gasteiger charge is -2.16. The molecule has 2 amide bonds. The Hall–Kier alpha value is -3.61. The molecule has 7 heteroatoms. The molecular formula is C25H30N6O. The van der Waals surface area contributed by atoms with Crippen molar-refractivity contribution in [1.82, 2.24) is 25.2 Å². The highest BCUT2D eigenvalue weighted by molar-refractivity contribution is 6.06. The summed E-state index contributed by atoms with van der Waals surface area (Å²) in [5, 5.41) is 7.01. The number of pyridine rings is 1. The summed E-state index contributed by atoms with van der Waals surface area (Å²) in [6.45, 7) is 5.23. The van der Waals surface area contributed by atoms with E-state index in [1.807, 2.05) is 61.5 Å².